The van der Waals surface area contributed by atoms with Gasteiger partial charge in [-0.05, 0) is 36.4 Å². The highest BCUT2D eigenvalue weighted by molar-refractivity contribution is 7.93. The lowest BCUT2D eigenvalue weighted by Crippen LogP contribution is -2.25. The number of anilines is 2. The summed E-state index contributed by atoms with van der Waals surface area (Å²) in [5.41, 5.74) is 0.397. The third-order valence-corrected chi connectivity index (χ3v) is 5.98. The van der Waals surface area contributed by atoms with Crippen LogP contribution in [0.5, 0.6) is 5.75 Å². The maximum absolute atomic E-state index is 13.4. The van der Waals surface area contributed by atoms with Gasteiger partial charge in [0.05, 0.1) is 24.7 Å². The van der Waals surface area contributed by atoms with Crippen molar-refractivity contribution in [3.05, 3.63) is 48.3 Å². The van der Waals surface area contributed by atoms with E-state index in [1.54, 1.807) is 0 Å². The summed E-state index contributed by atoms with van der Waals surface area (Å²) in [4.78, 5) is -0.364. The molecule has 0 atom stereocenters. The Morgan fingerprint density at radius 1 is 1.08 bits per heavy atom. The summed E-state index contributed by atoms with van der Waals surface area (Å²) in [5, 5.41) is 0. The van der Waals surface area contributed by atoms with E-state index in [2.05, 4.69) is 4.72 Å². The quantitative estimate of drug-likeness (QED) is 0.817. The molecular weight excluding hydrogens is 371 g/mol. The zero-order valence-corrected chi connectivity index (χ0v) is 15.4. The Labute approximate surface area is 146 Å². The van der Waals surface area contributed by atoms with Crippen molar-refractivity contribution in [2.75, 3.05) is 29.4 Å². The lowest BCUT2D eigenvalue weighted by Gasteiger charge is -2.18. The molecule has 7 nitrogen and oxygen atoms in total. The van der Waals surface area contributed by atoms with E-state index in [1.807, 2.05) is 0 Å². The molecular formula is C15H17FN2O5S2. The van der Waals surface area contributed by atoms with Crippen molar-refractivity contribution in [3.8, 4) is 5.75 Å². The van der Waals surface area contributed by atoms with Crippen LogP contribution in [-0.4, -0.2) is 37.2 Å². The molecule has 10 heteroatoms. The number of nitrogens with one attached hydrogen (secondary N) is 1. The van der Waals surface area contributed by atoms with E-state index in [4.69, 9.17) is 4.74 Å². The Morgan fingerprint density at radius 3 is 2.36 bits per heavy atom. The Hall–Kier alpha value is -2.33. The van der Waals surface area contributed by atoms with Gasteiger partial charge in [0, 0.05) is 7.05 Å². The van der Waals surface area contributed by atoms with Crippen molar-refractivity contribution in [2.24, 2.45) is 0 Å². The van der Waals surface area contributed by atoms with Gasteiger partial charge in [-0.3, -0.25) is 9.03 Å². The zero-order chi connectivity index (χ0) is 18.8. The van der Waals surface area contributed by atoms with Crippen molar-refractivity contribution in [1.29, 1.82) is 0 Å². The van der Waals surface area contributed by atoms with Gasteiger partial charge in [-0.2, -0.15) is 0 Å². The fourth-order valence-electron chi connectivity index (χ4n) is 2.03. The molecule has 0 spiro atoms. The third-order valence-electron chi connectivity index (χ3n) is 3.37. The summed E-state index contributed by atoms with van der Waals surface area (Å²) in [6.45, 7) is 0. The molecule has 0 amide bonds. The highest BCUT2D eigenvalue weighted by atomic mass is 32.2. The highest BCUT2D eigenvalue weighted by Gasteiger charge is 2.21. The number of nitrogens with zero attached hydrogens (tertiary/aromatic N) is 1. The fraction of sp³-hybridized carbons (Fsp3) is 0.200. The van der Waals surface area contributed by atoms with Crippen molar-refractivity contribution in [2.45, 2.75) is 4.90 Å². The lowest BCUT2D eigenvalue weighted by atomic mass is 10.3. The van der Waals surface area contributed by atoms with E-state index in [0.717, 1.165) is 22.7 Å². The molecule has 0 bridgehead atoms. The predicted octanol–water partition coefficient (Wildman–Crippen LogP) is 2.03. The molecule has 0 saturated carbocycles. The molecule has 2 aromatic carbocycles. The molecule has 0 aliphatic carbocycles. The standard InChI is InChI=1S/C15H17FN2O5S2/c1-18(24(3,19)20)13-6-4-5-12(10-13)17-25(21,22)15-9-11(16)7-8-14(15)23-2/h4-10,17H,1-3H3. The van der Waals surface area contributed by atoms with Gasteiger partial charge in [0.1, 0.15) is 16.5 Å². The minimum absolute atomic E-state index is 0.0155. The van der Waals surface area contributed by atoms with Crippen LogP contribution in [0.2, 0.25) is 0 Å². The fourth-order valence-corrected chi connectivity index (χ4v) is 3.76. The molecule has 25 heavy (non-hydrogen) atoms. The van der Waals surface area contributed by atoms with Crippen LogP contribution in [0.4, 0.5) is 15.8 Å². The van der Waals surface area contributed by atoms with Crippen molar-refractivity contribution in [3.63, 3.8) is 0 Å². The normalized spacial score (nSPS) is 11.8. The molecule has 0 radical (unpaired) electrons. The number of hydrogen-bond acceptors (Lipinski definition) is 5. The van der Waals surface area contributed by atoms with Crippen LogP contribution in [0, 0.1) is 5.82 Å². The van der Waals surface area contributed by atoms with Crippen molar-refractivity contribution in [1.82, 2.24) is 0 Å². The minimum Gasteiger partial charge on any atom is -0.495 e. The van der Waals surface area contributed by atoms with E-state index < -0.39 is 25.9 Å². The smallest absolute Gasteiger partial charge is 0.265 e. The number of rotatable bonds is 6. The van der Waals surface area contributed by atoms with Crippen LogP contribution in [0.15, 0.2) is 47.4 Å². The summed E-state index contributed by atoms with van der Waals surface area (Å²) in [6.07, 6.45) is 1.03. The lowest BCUT2D eigenvalue weighted by molar-refractivity contribution is 0.401. The molecule has 0 aliphatic heterocycles. The third kappa shape index (κ3) is 4.40. The first-order valence-corrected chi connectivity index (χ1v) is 10.3. The van der Waals surface area contributed by atoms with Gasteiger partial charge in [-0.15, -0.1) is 0 Å². The average Bonchev–Trinajstić information content (AvgIpc) is 2.53. The summed E-state index contributed by atoms with van der Waals surface area (Å²) < 4.78 is 69.9. The first-order valence-electron chi connectivity index (χ1n) is 6.95. The van der Waals surface area contributed by atoms with Crippen LogP contribution in [0.1, 0.15) is 0 Å². The van der Waals surface area contributed by atoms with Crippen LogP contribution in [-0.2, 0) is 20.0 Å². The molecule has 0 fully saturated rings. The van der Waals surface area contributed by atoms with Gasteiger partial charge in [-0.25, -0.2) is 21.2 Å². The van der Waals surface area contributed by atoms with E-state index in [-0.39, 0.29) is 22.0 Å². The van der Waals surface area contributed by atoms with Gasteiger partial charge < -0.3 is 4.74 Å². The number of halogens is 1. The maximum Gasteiger partial charge on any atom is 0.265 e. The molecule has 0 aromatic heterocycles. The first-order chi connectivity index (χ1) is 11.5. The predicted molar refractivity (Wildman–Crippen MR) is 93.4 cm³/mol. The van der Waals surface area contributed by atoms with Crippen LogP contribution in [0.3, 0.4) is 0 Å². The van der Waals surface area contributed by atoms with E-state index >= 15 is 0 Å². The van der Waals surface area contributed by atoms with Gasteiger partial charge in [0.15, 0.2) is 0 Å². The summed E-state index contributed by atoms with van der Waals surface area (Å²) >= 11 is 0. The molecule has 2 rings (SSSR count). The molecule has 0 unspecified atom stereocenters. The van der Waals surface area contributed by atoms with Gasteiger partial charge in [-0.1, -0.05) is 6.07 Å². The summed E-state index contributed by atoms with van der Waals surface area (Å²) in [5.74, 6) is -0.745. The SMILES string of the molecule is COc1ccc(F)cc1S(=O)(=O)Nc1cccc(N(C)S(C)(=O)=O)c1. The molecule has 1 N–H and O–H groups in total. The maximum atomic E-state index is 13.4. The van der Waals surface area contributed by atoms with Gasteiger partial charge in [0.2, 0.25) is 10.0 Å². The number of benzene rings is 2. The molecule has 0 heterocycles. The number of hydrogen-bond donors (Lipinski definition) is 1. The monoisotopic (exact) mass is 388 g/mol. The first kappa shape index (κ1) is 19.0. The second-order valence-electron chi connectivity index (χ2n) is 5.18. The average molecular weight is 388 g/mol. The van der Waals surface area contributed by atoms with E-state index in [9.17, 15) is 21.2 Å². The number of sulfonamides is 2. The molecule has 2 aromatic rings. The second kappa shape index (κ2) is 6.89. The van der Waals surface area contributed by atoms with Gasteiger partial charge in [0.25, 0.3) is 10.0 Å². The highest BCUT2D eigenvalue weighted by Crippen LogP contribution is 2.28. The largest absolute Gasteiger partial charge is 0.495 e. The summed E-state index contributed by atoms with van der Waals surface area (Å²) in [7, 11) is -5.02. The van der Waals surface area contributed by atoms with Crippen molar-refractivity contribution >= 4 is 31.4 Å². The van der Waals surface area contributed by atoms with E-state index in [1.165, 1.54) is 44.5 Å². The molecule has 0 saturated heterocycles. The Bertz CT molecular complexity index is 991. The van der Waals surface area contributed by atoms with E-state index in [0.29, 0.717) is 0 Å². The summed E-state index contributed by atoms with van der Waals surface area (Å²) in [6, 6.07) is 8.94. The zero-order valence-electron chi connectivity index (χ0n) is 13.7. The Balaban J connectivity index is 2.41. The molecule has 0 aliphatic rings. The minimum atomic E-state index is -4.14. The Kier molecular flexibility index (Phi) is 5.23. The van der Waals surface area contributed by atoms with Crippen LogP contribution >= 0.6 is 0 Å². The van der Waals surface area contributed by atoms with Crippen LogP contribution in [0.25, 0.3) is 0 Å². The van der Waals surface area contributed by atoms with Gasteiger partial charge >= 0.3 is 0 Å². The number of ether oxygens (including phenoxy) is 1. The molecule has 136 valence electrons. The van der Waals surface area contributed by atoms with Crippen LogP contribution < -0.4 is 13.8 Å². The number of methoxy groups -OCH3 is 1. The topological polar surface area (TPSA) is 92.8 Å². The Morgan fingerprint density at radius 2 is 1.76 bits per heavy atom. The van der Waals surface area contributed by atoms with Crippen molar-refractivity contribution < 1.29 is 26.0 Å². The second-order valence-corrected chi connectivity index (χ2v) is 8.85.